The van der Waals surface area contributed by atoms with Crippen LogP contribution in [0.25, 0.3) is 0 Å². The number of likely N-dealkylation sites (tertiary alicyclic amines) is 1. The maximum atomic E-state index is 11.0. The second-order valence-electron chi connectivity index (χ2n) is 5.23. The number of nitrogens with zero attached hydrogens (tertiary/aromatic N) is 4. The third-order valence-electron chi connectivity index (χ3n) is 4.08. The second-order valence-corrected chi connectivity index (χ2v) is 5.23. The zero-order valence-electron chi connectivity index (χ0n) is 10.9. The normalized spacial score (nSPS) is 24.0. The van der Waals surface area contributed by atoms with Gasteiger partial charge in [0.2, 0.25) is 5.82 Å². The molecule has 0 spiro atoms. The lowest BCUT2D eigenvalue weighted by Crippen LogP contribution is -2.35. The number of anilines is 1. The molecule has 102 valence electrons. The van der Waals surface area contributed by atoms with Crippen LogP contribution < -0.4 is 4.90 Å². The summed E-state index contributed by atoms with van der Waals surface area (Å²) >= 11 is 0. The number of nitro groups is 1. The summed E-state index contributed by atoms with van der Waals surface area (Å²) in [5.74, 6) is 0.522. The van der Waals surface area contributed by atoms with E-state index in [0.717, 1.165) is 19.5 Å². The van der Waals surface area contributed by atoms with Crippen molar-refractivity contribution >= 4 is 11.5 Å². The van der Waals surface area contributed by atoms with Crippen molar-refractivity contribution in [3.63, 3.8) is 0 Å². The van der Waals surface area contributed by atoms with E-state index in [1.165, 1.54) is 32.0 Å². The van der Waals surface area contributed by atoms with E-state index in [1.54, 1.807) is 12.3 Å². The molecule has 0 aliphatic carbocycles. The number of rotatable bonds is 3. The van der Waals surface area contributed by atoms with Gasteiger partial charge in [0.1, 0.15) is 0 Å². The molecule has 0 aromatic carbocycles. The van der Waals surface area contributed by atoms with E-state index in [1.807, 2.05) is 0 Å². The summed E-state index contributed by atoms with van der Waals surface area (Å²) in [5.41, 5.74) is 0.115. The maximum absolute atomic E-state index is 11.0. The Balaban J connectivity index is 1.75. The largest absolute Gasteiger partial charge is 0.349 e. The van der Waals surface area contributed by atoms with Gasteiger partial charge in [0, 0.05) is 31.4 Å². The molecule has 19 heavy (non-hydrogen) atoms. The molecule has 2 fully saturated rings. The van der Waals surface area contributed by atoms with Crippen molar-refractivity contribution in [3.05, 3.63) is 28.4 Å². The Morgan fingerprint density at radius 3 is 2.84 bits per heavy atom. The van der Waals surface area contributed by atoms with Gasteiger partial charge in [-0.15, -0.1) is 0 Å². The highest BCUT2D eigenvalue weighted by Crippen LogP contribution is 2.30. The molecule has 0 bridgehead atoms. The van der Waals surface area contributed by atoms with E-state index in [9.17, 15) is 10.1 Å². The first-order chi connectivity index (χ1) is 9.25. The summed E-state index contributed by atoms with van der Waals surface area (Å²) in [7, 11) is 0. The fourth-order valence-corrected chi connectivity index (χ4v) is 3.11. The van der Waals surface area contributed by atoms with Crippen LogP contribution in [-0.2, 0) is 0 Å². The standard InChI is InChI=1S/C13H18N4O2/c18-17(19)12-4-3-6-14-13(12)16-9-5-11(10-16)15-7-1-2-8-15/h3-4,6,11H,1-2,5,7-10H2. The van der Waals surface area contributed by atoms with Gasteiger partial charge in [-0.2, -0.15) is 0 Å². The van der Waals surface area contributed by atoms with Crippen molar-refractivity contribution < 1.29 is 4.92 Å². The Hall–Kier alpha value is -1.69. The second kappa shape index (κ2) is 5.13. The van der Waals surface area contributed by atoms with E-state index in [4.69, 9.17) is 0 Å². The highest BCUT2D eigenvalue weighted by atomic mass is 16.6. The molecule has 1 aromatic heterocycles. The molecule has 0 radical (unpaired) electrons. The maximum Gasteiger partial charge on any atom is 0.311 e. The molecule has 2 aliphatic rings. The summed E-state index contributed by atoms with van der Waals surface area (Å²) < 4.78 is 0. The topological polar surface area (TPSA) is 62.5 Å². The minimum atomic E-state index is -0.342. The van der Waals surface area contributed by atoms with Crippen molar-refractivity contribution in [1.29, 1.82) is 0 Å². The summed E-state index contributed by atoms with van der Waals surface area (Å²) in [4.78, 5) is 19.5. The first-order valence-electron chi connectivity index (χ1n) is 6.84. The Bertz CT molecular complexity index is 473. The molecular formula is C13H18N4O2. The Morgan fingerprint density at radius 1 is 1.32 bits per heavy atom. The van der Waals surface area contributed by atoms with Gasteiger partial charge in [-0.05, 0) is 38.4 Å². The number of hydrogen-bond donors (Lipinski definition) is 0. The van der Waals surface area contributed by atoms with E-state index in [0.29, 0.717) is 11.9 Å². The van der Waals surface area contributed by atoms with Crippen LogP contribution in [0, 0.1) is 10.1 Å². The lowest BCUT2D eigenvalue weighted by Gasteiger charge is -2.23. The zero-order valence-corrected chi connectivity index (χ0v) is 10.9. The van der Waals surface area contributed by atoms with E-state index in [-0.39, 0.29) is 10.6 Å². The van der Waals surface area contributed by atoms with Crippen LogP contribution in [0.4, 0.5) is 11.5 Å². The number of hydrogen-bond acceptors (Lipinski definition) is 5. The molecule has 0 saturated carbocycles. The lowest BCUT2D eigenvalue weighted by molar-refractivity contribution is -0.384. The lowest BCUT2D eigenvalue weighted by atomic mass is 10.2. The third kappa shape index (κ3) is 2.40. The van der Waals surface area contributed by atoms with Crippen LogP contribution in [0.3, 0.4) is 0 Å². The van der Waals surface area contributed by atoms with Gasteiger partial charge in [-0.3, -0.25) is 15.0 Å². The van der Waals surface area contributed by atoms with Gasteiger partial charge < -0.3 is 4.90 Å². The van der Waals surface area contributed by atoms with Crippen molar-refractivity contribution in [1.82, 2.24) is 9.88 Å². The van der Waals surface area contributed by atoms with Gasteiger partial charge in [0.05, 0.1) is 4.92 Å². The molecule has 2 saturated heterocycles. The van der Waals surface area contributed by atoms with Crippen LogP contribution in [0.2, 0.25) is 0 Å². The quantitative estimate of drug-likeness (QED) is 0.612. The molecule has 1 aromatic rings. The SMILES string of the molecule is O=[N+]([O-])c1cccnc1N1CCC(N2CCCC2)C1. The average Bonchev–Trinajstić information content (AvgIpc) is 3.09. The Kier molecular flexibility index (Phi) is 3.33. The minimum Gasteiger partial charge on any atom is -0.349 e. The number of pyridine rings is 1. The smallest absolute Gasteiger partial charge is 0.311 e. The fourth-order valence-electron chi connectivity index (χ4n) is 3.11. The van der Waals surface area contributed by atoms with Gasteiger partial charge in [0.15, 0.2) is 0 Å². The van der Waals surface area contributed by atoms with E-state index < -0.39 is 0 Å². The highest BCUT2D eigenvalue weighted by Gasteiger charge is 2.32. The van der Waals surface area contributed by atoms with E-state index in [2.05, 4.69) is 14.8 Å². The van der Waals surface area contributed by atoms with Crippen LogP contribution in [0.1, 0.15) is 19.3 Å². The third-order valence-corrected chi connectivity index (χ3v) is 4.08. The molecule has 1 unspecified atom stereocenters. The van der Waals surface area contributed by atoms with Crippen LogP contribution >= 0.6 is 0 Å². The van der Waals surface area contributed by atoms with Crippen LogP contribution in [0.5, 0.6) is 0 Å². The van der Waals surface area contributed by atoms with Gasteiger partial charge >= 0.3 is 5.69 Å². The van der Waals surface area contributed by atoms with Crippen molar-refractivity contribution in [2.75, 3.05) is 31.1 Å². The van der Waals surface area contributed by atoms with Gasteiger partial charge in [-0.25, -0.2) is 4.98 Å². The fraction of sp³-hybridized carbons (Fsp3) is 0.615. The molecular weight excluding hydrogens is 244 g/mol. The molecule has 6 nitrogen and oxygen atoms in total. The van der Waals surface area contributed by atoms with E-state index >= 15 is 0 Å². The first-order valence-corrected chi connectivity index (χ1v) is 6.84. The summed E-state index contributed by atoms with van der Waals surface area (Å²) in [5, 5.41) is 11.0. The number of aromatic nitrogens is 1. The summed E-state index contributed by atoms with van der Waals surface area (Å²) in [6.07, 6.45) is 5.26. The Morgan fingerprint density at radius 2 is 2.11 bits per heavy atom. The monoisotopic (exact) mass is 262 g/mol. The van der Waals surface area contributed by atoms with Crippen molar-refractivity contribution in [2.24, 2.45) is 0 Å². The van der Waals surface area contributed by atoms with Crippen LogP contribution in [-0.4, -0.2) is 47.0 Å². The molecule has 1 atom stereocenters. The summed E-state index contributed by atoms with van der Waals surface area (Å²) in [6, 6.07) is 3.69. The minimum absolute atomic E-state index is 0.115. The van der Waals surface area contributed by atoms with Gasteiger partial charge in [-0.1, -0.05) is 0 Å². The molecule has 3 rings (SSSR count). The van der Waals surface area contributed by atoms with Crippen molar-refractivity contribution in [2.45, 2.75) is 25.3 Å². The molecule has 6 heteroatoms. The first kappa shape index (κ1) is 12.3. The molecule has 2 aliphatic heterocycles. The highest BCUT2D eigenvalue weighted by molar-refractivity contribution is 5.58. The zero-order chi connectivity index (χ0) is 13.2. The summed E-state index contributed by atoms with van der Waals surface area (Å²) in [6.45, 7) is 4.06. The molecule has 0 N–H and O–H groups in total. The molecule has 3 heterocycles. The van der Waals surface area contributed by atoms with Crippen molar-refractivity contribution in [3.8, 4) is 0 Å². The Labute approximate surface area is 112 Å². The van der Waals surface area contributed by atoms with Gasteiger partial charge in [0.25, 0.3) is 0 Å². The van der Waals surface area contributed by atoms with Crippen LogP contribution in [0.15, 0.2) is 18.3 Å². The predicted octanol–water partition coefficient (Wildman–Crippen LogP) is 1.66. The predicted molar refractivity (Wildman–Crippen MR) is 72.3 cm³/mol. The molecule has 0 amide bonds. The average molecular weight is 262 g/mol.